The summed E-state index contributed by atoms with van der Waals surface area (Å²) < 4.78 is 26.4. The van der Waals surface area contributed by atoms with E-state index in [0.29, 0.717) is 4.90 Å². The van der Waals surface area contributed by atoms with Crippen LogP contribution in [0.25, 0.3) is 0 Å². The lowest BCUT2D eigenvalue weighted by Gasteiger charge is -2.07. The van der Waals surface area contributed by atoms with Crippen molar-refractivity contribution in [3.8, 4) is 0 Å². The van der Waals surface area contributed by atoms with Crippen LogP contribution in [0.2, 0.25) is 0 Å². The maximum absolute atomic E-state index is 11.9. The maximum atomic E-state index is 11.9. The summed E-state index contributed by atoms with van der Waals surface area (Å²) in [7, 11) is -3.30. The first kappa shape index (κ1) is 12.5. The van der Waals surface area contributed by atoms with Crippen LogP contribution < -0.4 is 10.0 Å². The van der Waals surface area contributed by atoms with E-state index in [1.54, 1.807) is 12.1 Å². The first-order valence-corrected chi connectivity index (χ1v) is 7.42. The van der Waals surface area contributed by atoms with E-state index in [0.717, 1.165) is 31.5 Å². The monoisotopic (exact) mass is 254 g/mol. The first-order valence-electron chi connectivity index (χ1n) is 5.94. The Morgan fingerprint density at radius 3 is 2.41 bits per heavy atom. The molecule has 2 N–H and O–H groups in total. The van der Waals surface area contributed by atoms with Crippen molar-refractivity contribution < 1.29 is 8.42 Å². The molecule has 0 spiro atoms. The molecule has 1 aliphatic carbocycles. The molecule has 2 rings (SSSR count). The van der Waals surface area contributed by atoms with Crippen molar-refractivity contribution in [2.45, 2.75) is 37.2 Å². The van der Waals surface area contributed by atoms with Crippen molar-refractivity contribution in [3.63, 3.8) is 0 Å². The summed E-state index contributed by atoms with van der Waals surface area (Å²) in [4.78, 5) is 0.352. The van der Waals surface area contributed by atoms with E-state index in [4.69, 9.17) is 0 Å². The number of nitrogens with one attached hydrogen (secondary N) is 2. The Labute approximate surface area is 102 Å². The molecular formula is C12H18N2O2S. The number of hydrogen-bond donors (Lipinski definition) is 2. The van der Waals surface area contributed by atoms with Crippen LogP contribution in [0.5, 0.6) is 0 Å². The minimum absolute atomic E-state index is 0.154. The van der Waals surface area contributed by atoms with Gasteiger partial charge in [-0.15, -0.1) is 0 Å². The molecule has 0 aromatic heterocycles. The number of benzene rings is 1. The van der Waals surface area contributed by atoms with Crippen LogP contribution in [-0.2, 0) is 16.6 Å². The fourth-order valence-electron chi connectivity index (χ4n) is 1.54. The third-order valence-electron chi connectivity index (χ3n) is 2.71. The Morgan fingerprint density at radius 2 is 1.88 bits per heavy atom. The molecule has 1 aromatic carbocycles. The smallest absolute Gasteiger partial charge is 0.240 e. The van der Waals surface area contributed by atoms with Crippen molar-refractivity contribution in [3.05, 3.63) is 29.8 Å². The van der Waals surface area contributed by atoms with Gasteiger partial charge in [-0.3, -0.25) is 0 Å². The van der Waals surface area contributed by atoms with Gasteiger partial charge < -0.3 is 5.32 Å². The van der Waals surface area contributed by atoms with Crippen LogP contribution in [0.1, 0.15) is 25.3 Å². The summed E-state index contributed by atoms with van der Waals surface area (Å²) >= 11 is 0. The molecule has 94 valence electrons. The van der Waals surface area contributed by atoms with Crippen molar-refractivity contribution in [1.82, 2.24) is 10.0 Å². The number of rotatable bonds is 6. The molecule has 0 unspecified atom stereocenters. The van der Waals surface area contributed by atoms with Crippen molar-refractivity contribution >= 4 is 10.0 Å². The molecule has 4 nitrogen and oxygen atoms in total. The molecule has 0 radical (unpaired) electrons. The van der Waals surface area contributed by atoms with Gasteiger partial charge in [0.2, 0.25) is 10.0 Å². The van der Waals surface area contributed by atoms with Gasteiger partial charge in [-0.25, -0.2) is 13.1 Å². The fourth-order valence-corrected chi connectivity index (χ4v) is 2.85. The van der Waals surface area contributed by atoms with Gasteiger partial charge in [0.1, 0.15) is 0 Å². The molecule has 17 heavy (non-hydrogen) atoms. The molecule has 0 aliphatic heterocycles. The summed E-state index contributed by atoms with van der Waals surface area (Å²) in [5.74, 6) is 0. The van der Waals surface area contributed by atoms with Gasteiger partial charge in [0, 0.05) is 12.6 Å². The molecule has 0 amide bonds. The number of hydrogen-bond acceptors (Lipinski definition) is 3. The molecular weight excluding hydrogens is 236 g/mol. The van der Waals surface area contributed by atoms with Crippen LogP contribution in [0.3, 0.4) is 0 Å². The topological polar surface area (TPSA) is 58.2 Å². The Bertz CT molecular complexity index is 464. The molecule has 1 saturated carbocycles. The predicted molar refractivity (Wildman–Crippen MR) is 67.2 cm³/mol. The minimum Gasteiger partial charge on any atom is -0.313 e. The van der Waals surface area contributed by atoms with E-state index < -0.39 is 10.0 Å². The summed E-state index contributed by atoms with van der Waals surface area (Å²) in [6.45, 7) is 3.72. The highest BCUT2D eigenvalue weighted by molar-refractivity contribution is 7.89. The highest BCUT2D eigenvalue weighted by Crippen LogP contribution is 2.22. The number of sulfonamides is 1. The minimum atomic E-state index is -3.30. The molecule has 0 saturated heterocycles. The Hall–Kier alpha value is -0.910. The summed E-state index contributed by atoms with van der Waals surface area (Å²) in [6.07, 6.45) is 1.91. The van der Waals surface area contributed by atoms with Crippen molar-refractivity contribution in [1.29, 1.82) is 0 Å². The van der Waals surface area contributed by atoms with Crippen molar-refractivity contribution in [2.75, 3.05) is 6.54 Å². The highest BCUT2D eigenvalue weighted by Gasteiger charge is 2.27. The third-order valence-corrected chi connectivity index (χ3v) is 4.25. The first-order chi connectivity index (χ1) is 8.12. The van der Waals surface area contributed by atoms with Gasteiger partial charge in [0.05, 0.1) is 4.90 Å². The molecule has 1 aromatic rings. The van der Waals surface area contributed by atoms with E-state index in [2.05, 4.69) is 10.0 Å². The van der Waals surface area contributed by atoms with Gasteiger partial charge in [-0.2, -0.15) is 0 Å². The van der Waals surface area contributed by atoms with Crippen LogP contribution in [0, 0.1) is 0 Å². The van der Waals surface area contributed by atoms with Gasteiger partial charge >= 0.3 is 0 Å². The van der Waals surface area contributed by atoms with E-state index in [1.165, 1.54) is 0 Å². The summed E-state index contributed by atoms with van der Waals surface area (Å²) in [5, 5.41) is 3.20. The Morgan fingerprint density at radius 1 is 1.24 bits per heavy atom. The molecule has 0 heterocycles. The molecule has 5 heteroatoms. The lowest BCUT2D eigenvalue weighted by atomic mass is 10.2. The van der Waals surface area contributed by atoms with E-state index in [-0.39, 0.29) is 6.04 Å². The standard InChI is InChI=1S/C12H18N2O2S/c1-2-13-9-10-3-7-12(8-4-10)17(15,16)14-11-5-6-11/h3-4,7-8,11,13-14H,2,5-6,9H2,1H3. The predicted octanol–water partition coefficient (Wildman–Crippen LogP) is 1.24. The highest BCUT2D eigenvalue weighted by atomic mass is 32.2. The zero-order valence-electron chi connectivity index (χ0n) is 9.94. The van der Waals surface area contributed by atoms with Gasteiger partial charge in [0.25, 0.3) is 0 Å². The molecule has 1 fully saturated rings. The van der Waals surface area contributed by atoms with Crippen LogP contribution in [0.15, 0.2) is 29.2 Å². The second kappa shape index (κ2) is 5.16. The van der Waals surface area contributed by atoms with Crippen LogP contribution in [-0.4, -0.2) is 21.0 Å². The molecule has 0 atom stereocenters. The maximum Gasteiger partial charge on any atom is 0.240 e. The Balaban J connectivity index is 2.05. The normalized spacial score (nSPS) is 16.1. The zero-order chi connectivity index (χ0) is 12.3. The average molecular weight is 254 g/mol. The second-order valence-corrected chi connectivity index (χ2v) is 6.03. The van der Waals surface area contributed by atoms with Gasteiger partial charge in [-0.05, 0) is 37.1 Å². The van der Waals surface area contributed by atoms with E-state index >= 15 is 0 Å². The lowest BCUT2D eigenvalue weighted by Crippen LogP contribution is -2.25. The largest absolute Gasteiger partial charge is 0.313 e. The quantitative estimate of drug-likeness (QED) is 0.803. The summed E-state index contributed by atoms with van der Waals surface area (Å²) in [5.41, 5.74) is 1.09. The average Bonchev–Trinajstić information content (AvgIpc) is 3.10. The van der Waals surface area contributed by atoms with E-state index in [1.807, 2.05) is 19.1 Å². The van der Waals surface area contributed by atoms with Crippen LogP contribution in [0.4, 0.5) is 0 Å². The SMILES string of the molecule is CCNCc1ccc(S(=O)(=O)NC2CC2)cc1. The zero-order valence-corrected chi connectivity index (χ0v) is 10.8. The van der Waals surface area contributed by atoms with Crippen LogP contribution >= 0.6 is 0 Å². The third kappa shape index (κ3) is 3.52. The Kier molecular flexibility index (Phi) is 3.81. The molecule has 1 aliphatic rings. The van der Waals surface area contributed by atoms with Gasteiger partial charge in [-0.1, -0.05) is 19.1 Å². The fraction of sp³-hybridized carbons (Fsp3) is 0.500. The van der Waals surface area contributed by atoms with Gasteiger partial charge in [0.15, 0.2) is 0 Å². The lowest BCUT2D eigenvalue weighted by molar-refractivity contribution is 0.581. The van der Waals surface area contributed by atoms with E-state index in [9.17, 15) is 8.42 Å². The van der Waals surface area contributed by atoms with Crippen molar-refractivity contribution in [2.24, 2.45) is 0 Å². The summed E-state index contributed by atoms with van der Waals surface area (Å²) in [6, 6.07) is 7.18. The molecule has 0 bridgehead atoms. The second-order valence-electron chi connectivity index (χ2n) is 4.32.